The molecule has 2 heterocycles. The fraction of sp³-hybridized carbons (Fsp3) is 0.304. The van der Waals surface area contributed by atoms with Gasteiger partial charge in [0.1, 0.15) is 5.75 Å². The minimum atomic E-state index is -0.0731. The molecule has 1 N–H and O–H groups in total. The summed E-state index contributed by atoms with van der Waals surface area (Å²) >= 11 is 0. The van der Waals surface area contributed by atoms with Gasteiger partial charge in [-0.05, 0) is 60.3 Å². The van der Waals surface area contributed by atoms with Crippen LogP contribution in [-0.4, -0.2) is 49.1 Å². The van der Waals surface area contributed by atoms with Gasteiger partial charge in [0.15, 0.2) is 0 Å². The molecule has 6 nitrogen and oxygen atoms in total. The zero-order chi connectivity index (χ0) is 20.4. The lowest BCUT2D eigenvalue weighted by atomic mass is 10.1. The molecule has 0 bridgehead atoms. The first-order chi connectivity index (χ1) is 14.0. The van der Waals surface area contributed by atoms with E-state index in [1.807, 2.05) is 41.3 Å². The van der Waals surface area contributed by atoms with Gasteiger partial charge in [-0.25, -0.2) is 0 Å². The van der Waals surface area contributed by atoms with Gasteiger partial charge in [0.2, 0.25) is 5.91 Å². The summed E-state index contributed by atoms with van der Waals surface area (Å²) in [5.74, 6) is 0.983. The van der Waals surface area contributed by atoms with Crippen molar-refractivity contribution in [1.82, 2.24) is 9.88 Å². The maximum atomic E-state index is 12.8. The average Bonchev–Trinajstić information content (AvgIpc) is 2.75. The molecule has 1 aliphatic rings. The lowest BCUT2D eigenvalue weighted by molar-refractivity contribution is -0.130. The molecule has 1 fully saturated rings. The maximum Gasteiger partial charge on any atom is 0.251 e. The summed E-state index contributed by atoms with van der Waals surface area (Å²) in [5.41, 5.74) is 3.51. The van der Waals surface area contributed by atoms with Crippen LogP contribution in [0, 0.1) is 6.92 Å². The highest BCUT2D eigenvalue weighted by molar-refractivity contribution is 5.83. The summed E-state index contributed by atoms with van der Waals surface area (Å²) in [5, 5.41) is 0.955. The quantitative estimate of drug-likeness (QED) is 0.743. The number of rotatable bonds is 4. The highest BCUT2D eigenvalue weighted by atomic mass is 16.5. The van der Waals surface area contributed by atoms with Gasteiger partial charge in [-0.1, -0.05) is 6.07 Å². The molecule has 29 heavy (non-hydrogen) atoms. The number of piperazine rings is 1. The Hall–Kier alpha value is -3.28. The number of pyridine rings is 1. The molecule has 1 amide bonds. The van der Waals surface area contributed by atoms with E-state index < -0.39 is 0 Å². The second kappa shape index (κ2) is 7.99. The smallest absolute Gasteiger partial charge is 0.251 e. The van der Waals surface area contributed by atoms with Crippen molar-refractivity contribution in [1.29, 1.82) is 0 Å². The predicted octanol–water partition coefficient (Wildman–Crippen LogP) is 2.74. The van der Waals surface area contributed by atoms with Crippen LogP contribution in [0.15, 0.2) is 53.3 Å². The third-order valence-corrected chi connectivity index (χ3v) is 5.52. The number of aromatic amines is 1. The van der Waals surface area contributed by atoms with Gasteiger partial charge in [-0.2, -0.15) is 0 Å². The van der Waals surface area contributed by atoms with Crippen LogP contribution in [0.5, 0.6) is 5.75 Å². The number of H-pyrrole nitrogens is 1. The van der Waals surface area contributed by atoms with E-state index in [9.17, 15) is 9.59 Å². The van der Waals surface area contributed by atoms with Crippen molar-refractivity contribution in [3.8, 4) is 5.75 Å². The Bertz CT molecular complexity index is 1080. The van der Waals surface area contributed by atoms with E-state index in [1.165, 1.54) is 0 Å². The number of nitrogens with zero attached hydrogens (tertiary/aromatic N) is 2. The largest absolute Gasteiger partial charge is 0.497 e. The number of methoxy groups -OCH3 is 1. The first-order valence-electron chi connectivity index (χ1n) is 9.83. The van der Waals surface area contributed by atoms with Gasteiger partial charge in [0, 0.05) is 42.9 Å². The van der Waals surface area contributed by atoms with E-state index in [0.717, 1.165) is 41.0 Å². The number of carbonyl (C=O) groups is 1. The van der Waals surface area contributed by atoms with Crippen LogP contribution in [0.25, 0.3) is 10.9 Å². The molecular weight excluding hydrogens is 366 g/mol. The summed E-state index contributed by atoms with van der Waals surface area (Å²) in [6.45, 7) is 4.85. The van der Waals surface area contributed by atoms with E-state index in [2.05, 4.69) is 22.0 Å². The molecular formula is C23H25N3O3. The summed E-state index contributed by atoms with van der Waals surface area (Å²) in [6.07, 6.45) is 0.372. The van der Waals surface area contributed by atoms with Crippen molar-refractivity contribution in [2.45, 2.75) is 13.3 Å². The van der Waals surface area contributed by atoms with E-state index >= 15 is 0 Å². The zero-order valence-corrected chi connectivity index (χ0v) is 16.8. The van der Waals surface area contributed by atoms with Gasteiger partial charge in [0.05, 0.1) is 13.5 Å². The van der Waals surface area contributed by atoms with Crippen LogP contribution >= 0.6 is 0 Å². The summed E-state index contributed by atoms with van der Waals surface area (Å²) in [7, 11) is 1.66. The third kappa shape index (κ3) is 4.11. The number of fused-ring (bicyclic) bond motifs is 1. The van der Waals surface area contributed by atoms with Gasteiger partial charge in [-0.15, -0.1) is 0 Å². The van der Waals surface area contributed by atoms with E-state index in [4.69, 9.17) is 4.74 Å². The van der Waals surface area contributed by atoms with E-state index in [1.54, 1.807) is 14.0 Å². The van der Waals surface area contributed by atoms with Crippen molar-refractivity contribution < 1.29 is 9.53 Å². The number of nitrogens with one attached hydrogen (secondary N) is 1. The van der Waals surface area contributed by atoms with Crippen LogP contribution in [0.4, 0.5) is 5.69 Å². The molecule has 1 saturated heterocycles. The number of aromatic nitrogens is 1. The lowest BCUT2D eigenvalue weighted by Gasteiger charge is -2.36. The molecule has 1 aromatic heterocycles. The fourth-order valence-electron chi connectivity index (χ4n) is 3.77. The highest BCUT2D eigenvalue weighted by Crippen LogP contribution is 2.21. The summed E-state index contributed by atoms with van der Waals surface area (Å²) in [6, 6.07) is 15.7. The SMILES string of the molecule is COc1ccc(N2CCN(C(=O)Cc3ccc4[nH]c(=O)c(C)cc4c3)CC2)cc1. The minimum Gasteiger partial charge on any atom is -0.497 e. The third-order valence-electron chi connectivity index (χ3n) is 5.52. The van der Waals surface area contributed by atoms with Gasteiger partial charge in [0.25, 0.3) is 5.56 Å². The minimum absolute atomic E-state index is 0.0731. The monoisotopic (exact) mass is 391 g/mol. The van der Waals surface area contributed by atoms with Crippen LogP contribution in [0.1, 0.15) is 11.1 Å². The Morgan fingerprint density at radius 1 is 1.03 bits per heavy atom. The molecule has 0 aliphatic carbocycles. The van der Waals surface area contributed by atoms with Crippen molar-refractivity contribution in [3.63, 3.8) is 0 Å². The number of hydrogen-bond acceptors (Lipinski definition) is 4. The van der Waals surface area contributed by atoms with Crippen LogP contribution in [0.2, 0.25) is 0 Å². The van der Waals surface area contributed by atoms with Gasteiger partial charge < -0.3 is 19.5 Å². The van der Waals surface area contributed by atoms with Crippen molar-refractivity contribution in [2.75, 3.05) is 38.2 Å². The molecule has 0 unspecified atom stereocenters. The number of anilines is 1. The van der Waals surface area contributed by atoms with Gasteiger partial charge in [-0.3, -0.25) is 9.59 Å². The maximum absolute atomic E-state index is 12.8. The van der Waals surface area contributed by atoms with Gasteiger partial charge >= 0.3 is 0 Å². The molecule has 0 saturated carbocycles. The normalized spacial score (nSPS) is 14.3. The molecule has 4 rings (SSSR count). The number of amides is 1. The average molecular weight is 391 g/mol. The molecule has 1 aliphatic heterocycles. The van der Waals surface area contributed by atoms with Crippen molar-refractivity contribution in [2.24, 2.45) is 0 Å². The Morgan fingerprint density at radius 3 is 2.45 bits per heavy atom. The Labute approximate surface area is 169 Å². The zero-order valence-electron chi connectivity index (χ0n) is 16.8. The summed E-state index contributed by atoms with van der Waals surface area (Å²) < 4.78 is 5.21. The van der Waals surface area contributed by atoms with Crippen LogP contribution < -0.4 is 15.2 Å². The Kier molecular flexibility index (Phi) is 5.25. The van der Waals surface area contributed by atoms with E-state index in [-0.39, 0.29) is 11.5 Å². The lowest BCUT2D eigenvalue weighted by Crippen LogP contribution is -2.49. The second-order valence-electron chi connectivity index (χ2n) is 7.45. The second-order valence-corrected chi connectivity index (χ2v) is 7.45. The number of ether oxygens (including phenoxy) is 1. The van der Waals surface area contributed by atoms with Crippen molar-refractivity contribution in [3.05, 3.63) is 70.0 Å². The highest BCUT2D eigenvalue weighted by Gasteiger charge is 2.21. The number of benzene rings is 2. The first-order valence-corrected chi connectivity index (χ1v) is 9.83. The van der Waals surface area contributed by atoms with Crippen molar-refractivity contribution >= 4 is 22.5 Å². The fourth-order valence-corrected chi connectivity index (χ4v) is 3.77. The number of aryl methyl sites for hydroxylation is 1. The Balaban J connectivity index is 1.39. The summed E-state index contributed by atoms with van der Waals surface area (Å²) in [4.78, 5) is 31.6. The predicted molar refractivity (Wildman–Crippen MR) is 115 cm³/mol. The molecule has 0 spiro atoms. The number of hydrogen-bond donors (Lipinski definition) is 1. The van der Waals surface area contributed by atoms with Crippen LogP contribution in [-0.2, 0) is 11.2 Å². The topological polar surface area (TPSA) is 65.6 Å². The Morgan fingerprint density at radius 2 is 1.76 bits per heavy atom. The molecule has 0 atom stereocenters. The standard InChI is InChI=1S/C23H25N3O3/c1-16-13-18-14-17(3-8-21(18)24-23(16)28)15-22(27)26-11-9-25(10-12-26)19-4-6-20(29-2)7-5-19/h3-8,13-14H,9-12,15H2,1-2H3,(H,24,28). The first kappa shape index (κ1) is 19.1. The molecule has 2 aromatic carbocycles. The number of carbonyl (C=O) groups excluding carboxylic acids is 1. The molecule has 3 aromatic rings. The molecule has 0 radical (unpaired) electrons. The van der Waals surface area contributed by atoms with E-state index in [0.29, 0.717) is 25.1 Å². The van der Waals surface area contributed by atoms with Crippen LogP contribution in [0.3, 0.4) is 0 Å². The molecule has 150 valence electrons. The molecule has 6 heteroatoms.